The summed E-state index contributed by atoms with van der Waals surface area (Å²) in [4.78, 5) is 0. The number of nitrogens with zero attached hydrogens (tertiary/aromatic N) is 1. The van der Waals surface area contributed by atoms with Gasteiger partial charge in [-0.25, -0.2) is 0 Å². The molecular weight excluding hydrogens is 931 g/mol. The topological polar surface area (TPSA) is 4.93 Å². The Hall–Kier alpha value is -9.60. The highest BCUT2D eigenvalue weighted by atomic mass is 28.2. The van der Waals surface area contributed by atoms with Crippen LogP contribution >= 0.6 is 0 Å². The van der Waals surface area contributed by atoms with Gasteiger partial charge in [-0.3, -0.25) is 0 Å². The number of fused-ring (bicyclic) bond motifs is 9. The standard InChI is InChI=1S/C74H49NSi/c1-3-11-48(12-4-1)50-19-23-52(24-20-50)54-27-31-56(32-28-54)58-36-41-71-69(43-58)70-44-59(57-33-29-55(30-34-57)53-25-21-51(22-26-53)49-13-5-2-6-14-49)37-42-72(70)75(71)62-38-40-67-66-39-35-61(46-73(66)76-74(67)47-62)68-45-60-15-7-8-16-63(60)64-17-9-10-18-65(64)68/h1-47H,76H2. The molecule has 15 rings (SSSR count). The highest BCUT2D eigenvalue weighted by molar-refractivity contribution is 6.73. The van der Waals surface area contributed by atoms with Crippen LogP contribution in [0.15, 0.2) is 285 Å². The van der Waals surface area contributed by atoms with Gasteiger partial charge in [-0.05, 0) is 153 Å². The van der Waals surface area contributed by atoms with Crippen LogP contribution in [0.25, 0.3) is 138 Å². The average molecular weight is 980 g/mol. The first kappa shape index (κ1) is 43.9. The monoisotopic (exact) mass is 979 g/mol. The van der Waals surface area contributed by atoms with Crippen molar-refractivity contribution in [2.75, 3.05) is 0 Å². The van der Waals surface area contributed by atoms with E-state index < -0.39 is 9.52 Å². The molecular formula is C74H49NSi. The normalized spacial score (nSPS) is 12.2. The molecule has 2 heterocycles. The van der Waals surface area contributed by atoms with Crippen LogP contribution in [-0.4, -0.2) is 14.1 Å². The lowest BCUT2D eigenvalue weighted by Crippen LogP contribution is -2.21. The third-order valence-electron chi connectivity index (χ3n) is 16.1. The molecule has 0 fully saturated rings. The van der Waals surface area contributed by atoms with Crippen molar-refractivity contribution in [2.45, 2.75) is 0 Å². The summed E-state index contributed by atoms with van der Waals surface area (Å²) in [7, 11) is -0.763. The van der Waals surface area contributed by atoms with Gasteiger partial charge in [0.25, 0.3) is 0 Å². The van der Waals surface area contributed by atoms with Gasteiger partial charge in [-0.2, -0.15) is 0 Å². The van der Waals surface area contributed by atoms with E-state index in [1.54, 1.807) is 0 Å². The van der Waals surface area contributed by atoms with Crippen molar-refractivity contribution in [3.63, 3.8) is 0 Å². The van der Waals surface area contributed by atoms with E-state index in [0.717, 1.165) is 0 Å². The van der Waals surface area contributed by atoms with Gasteiger partial charge in [-0.15, -0.1) is 0 Å². The minimum absolute atomic E-state index is 0.763. The maximum atomic E-state index is 2.51. The van der Waals surface area contributed by atoms with Crippen molar-refractivity contribution in [1.29, 1.82) is 0 Å². The van der Waals surface area contributed by atoms with Crippen LogP contribution in [0.2, 0.25) is 0 Å². The molecule has 1 nitrogen and oxygen atoms in total. The van der Waals surface area contributed by atoms with Crippen molar-refractivity contribution in [3.05, 3.63) is 285 Å². The van der Waals surface area contributed by atoms with Crippen molar-refractivity contribution in [2.24, 2.45) is 0 Å². The fraction of sp³-hybridized carbons (Fsp3) is 0. The summed E-state index contributed by atoms with van der Waals surface area (Å²) >= 11 is 0. The predicted octanol–water partition coefficient (Wildman–Crippen LogP) is 17.9. The zero-order chi connectivity index (χ0) is 50.1. The number of aromatic nitrogens is 1. The summed E-state index contributed by atoms with van der Waals surface area (Å²) in [6.07, 6.45) is 0. The van der Waals surface area contributed by atoms with Gasteiger partial charge < -0.3 is 4.57 Å². The molecule has 13 aromatic carbocycles. The van der Waals surface area contributed by atoms with E-state index in [2.05, 4.69) is 290 Å². The van der Waals surface area contributed by atoms with Crippen molar-refractivity contribution in [3.8, 4) is 94.7 Å². The molecule has 0 atom stereocenters. The van der Waals surface area contributed by atoms with Crippen LogP contribution < -0.4 is 10.4 Å². The highest BCUT2D eigenvalue weighted by Gasteiger charge is 2.23. The maximum absolute atomic E-state index is 2.51. The summed E-state index contributed by atoms with van der Waals surface area (Å²) in [6, 6.07) is 106. The third-order valence-corrected chi connectivity index (χ3v) is 18.0. The minimum Gasteiger partial charge on any atom is -0.309 e. The summed E-state index contributed by atoms with van der Waals surface area (Å²) in [5, 5.41) is 10.7. The maximum Gasteiger partial charge on any atom is 0.0892 e. The van der Waals surface area contributed by atoms with Gasteiger partial charge in [0, 0.05) is 16.5 Å². The molecule has 0 unspecified atom stereocenters. The van der Waals surface area contributed by atoms with E-state index in [9.17, 15) is 0 Å². The molecule has 1 aliphatic heterocycles. The molecule has 0 saturated carbocycles. The first-order valence-corrected chi connectivity index (χ1v) is 27.8. The van der Waals surface area contributed by atoms with E-state index in [0.29, 0.717) is 0 Å². The van der Waals surface area contributed by atoms with Crippen LogP contribution in [0.1, 0.15) is 0 Å². The summed E-state index contributed by atoms with van der Waals surface area (Å²) in [5.41, 5.74) is 23.6. The molecule has 354 valence electrons. The molecule has 0 spiro atoms. The number of hydrogen-bond donors (Lipinski definition) is 0. The third kappa shape index (κ3) is 7.61. The van der Waals surface area contributed by atoms with Crippen LogP contribution in [-0.2, 0) is 0 Å². The highest BCUT2D eigenvalue weighted by Crippen LogP contribution is 2.40. The second-order valence-corrected chi connectivity index (χ2v) is 22.3. The largest absolute Gasteiger partial charge is 0.309 e. The second kappa shape index (κ2) is 18.1. The Kier molecular flexibility index (Phi) is 10.5. The minimum atomic E-state index is -0.763. The Balaban J connectivity index is 0.793. The number of rotatable bonds is 8. The lowest BCUT2D eigenvalue weighted by atomic mass is 9.92. The summed E-state index contributed by atoms with van der Waals surface area (Å²) in [6.45, 7) is 0. The van der Waals surface area contributed by atoms with Gasteiger partial charge in [-0.1, -0.05) is 253 Å². The molecule has 76 heavy (non-hydrogen) atoms. The Morgan fingerprint density at radius 3 is 1.08 bits per heavy atom. The van der Waals surface area contributed by atoms with Crippen LogP contribution in [0, 0.1) is 0 Å². The first-order chi connectivity index (χ1) is 37.6. The zero-order valence-electron chi connectivity index (χ0n) is 41.8. The first-order valence-electron chi connectivity index (χ1n) is 26.4. The number of benzene rings is 13. The summed E-state index contributed by atoms with van der Waals surface area (Å²) in [5.74, 6) is 0. The van der Waals surface area contributed by atoms with E-state index >= 15 is 0 Å². The fourth-order valence-electron chi connectivity index (χ4n) is 12.1. The lowest BCUT2D eigenvalue weighted by molar-refractivity contribution is 1.18. The Labute approximate surface area is 445 Å². The average Bonchev–Trinajstić information content (AvgIpc) is 4.10. The molecule has 1 aliphatic rings. The molecule has 0 saturated heterocycles. The van der Waals surface area contributed by atoms with Crippen molar-refractivity contribution >= 4 is 63.2 Å². The van der Waals surface area contributed by atoms with Gasteiger partial charge in [0.1, 0.15) is 0 Å². The van der Waals surface area contributed by atoms with Crippen LogP contribution in [0.3, 0.4) is 0 Å². The van der Waals surface area contributed by atoms with Gasteiger partial charge >= 0.3 is 0 Å². The smallest absolute Gasteiger partial charge is 0.0892 e. The lowest BCUT2D eigenvalue weighted by Gasteiger charge is -2.12. The van der Waals surface area contributed by atoms with Crippen LogP contribution in [0.4, 0.5) is 0 Å². The molecule has 0 amide bonds. The molecule has 0 aliphatic carbocycles. The van der Waals surface area contributed by atoms with E-state index in [1.165, 1.54) is 148 Å². The van der Waals surface area contributed by atoms with Gasteiger partial charge in [0.05, 0.1) is 20.6 Å². The second-order valence-electron chi connectivity index (χ2n) is 20.4. The summed E-state index contributed by atoms with van der Waals surface area (Å²) < 4.78 is 2.51. The molecule has 2 heteroatoms. The van der Waals surface area contributed by atoms with Gasteiger partial charge in [0.15, 0.2) is 0 Å². The van der Waals surface area contributed by atoms with Gasteiger partial charge in [0.2, 0.25) is 0 Å². The van der Waals surface area contributed by atoms with E-state index in [1.807, 2.05) is 0 Å². The fourth-order valence-corrected chi connectivity index (χ4v) is 14.2. The van der Waals surface area contributed by atoms with Crippen molar-refractivity contribution in [1.82, 2.24) is 4.57 Å². The van der Waals surface area contributed by atoms with E-state index in [4.69, 9.17) is 0 Å². The molecule has 0 radical (unpaired) electrons. The van der Waals surface area contributed by atoms with E-state index in [-0.39, 0.29) is 0 Å². The molecule has 14 aromatic rings. The SMILES string of the molecule is c1ccc(-c2ccc(-c3ccc(-c4ccc5c(c4)c4cc(-c6ccc(-c7ccc(-c8ccccc8)cc7)cc6)ccc4n5-c4ccc5c(c4)[SiH2]c4cc(-c6cc7ccccc7c7ccccc67)ccc4-5)cc3)cc2)cc1. The Morgan fingerprint density at radius 1 is 0.211 bits per heavy atom. The Bertz CT molecular complexity index is 4350. The molecule has 0 bridgehead atoms. The van der Waals surface area contributed by atoms with Crippen molar-refractivity contribution < 1.29 is 0 Å². The quantitative estimate of drug-likeness (QED) is 0.106. The van der Waals surface area contributed by atoms with Crippen LogP contribution in [0.5, 0.6) is 0 Å². The molecule has 0 N–H and O–H groups in total. The zero-order valence-corrected chi connectivity index (χ0v) is 43.2. The number of hydrogen-bond acceptors (Lipinski definition) is 0. The molecule has 1 aromatic heterocycles. The Morgan fingerprint density at radius 2 is 0.579 bits per heavy atom. The predicted molar refractivity (Wildman–Crippen MR) is 327 cm³/mol.